The molecule has 1 N–H and O–H groups in total. The zero-order valence-electron chi connectivity index (χ0n) is 11.5. The Hall–Kier alpha value is -0.130. The fraction of sp³-hybridized carbons (Fsp3) is 1.00. The lowest BCUT2D eigenvalue weighted by molar-refractivity contribution is 0.191. The maximum Gasteiger partial charge on any atom is 0.151 e. The Balaban J connectivity index is 2.61. The molecule has 0 bridgehead atoms. The fourth-order valence-corrected chi connectivity index (χ4v) is 3.02. The van der Waals surface area contributed by atoms with Gasteiger partial charge in [-0.25, -0.2) is 8.42 Å². The summed E-state index contributed by atoms with van der Waals surface area (Å²) in [6.45, 7) is 10.8. The summed E-state index contributed by atoms with van der Waals surface area (Å²) in [5, 5.41) is 3.50. The van der Waals surface area contributed by atoms with Gasteiger partial charge in [0.2, 0.25) is 0 Å². The van der Waals surface area contributed by atoms with Gasteiger partial charge in [-0.3, -0.25) is 4.90 Å². The van der Waals surface area contributed by atoms with Gasteiger partial charge in [-0.2, -0.15) is 0 Å². The van der Waals surface area contributed by atoms with Crippen LogP contribution in [-0.2, 0) is 9.84 Å². The van der Waals surface area contributed by atoms with E-state index in [9.17, 15) is 8.42 Å². The average molecular weight is 262 g/mol. The van der Waals surface area contributed by atoms with E-state index in [1.165, 1.54) is 0 Å². The van der Waals surface area contributed by atoms with Crippen LogP contribution >= 0.6 is 0 Å². The maximum absolute atomic E-state index is 11.6. The number of nitrogens with zero attached hydrogens (tertiary/aromatic N) is 1. The van der Waals surface area contributed by atoms with E-state index in [1.807, 2.05) is 0 Å². The Morgan fingerprint density at radius 3 is 2.65 bits per heavy atom. The highest BCUT2D eigenvalue weighted by molar-refractivity contribution is 7.91. The number of hydrogen-bond acceptors (Lipinski definition) is 4. The zero-order chi connectivity index (χ0) is 13.1. The molecule has 1 unspecified atom stereocenters. The molecule has 0 radical (unpaired) electrons. The van der Waals surface area contributed by atoms with Crippen LogP contribution in [0, 0.1) is 0 Å². The van der Waals surface area contributed by atoms with Gasteiger partial charge in [0.25, 0.3) is 0 Å². The van der Waals surface area contributed by atoms with E-state index in [2.05, 4.69) is 31.0 Å². The van der Waals surface area contributed by atoms with Crippen LogP contribution in [0.3, 0.4) is 0 Å². The van der Waals surface area contributed by atoms with E-state index < -0.39 is 9.84 Å². The van der Waals surface area contributed by atoms with Crippen molar-refractivity contribution in [1.29, 1.82) is 0 Å². The largest absolute Gasteiger partial charge is 0.310 e. The van der Waals surface area contributed by atoms with Crippen LogP contribution in [0.2, 0.25) is 0 Å². The minimum Gasteiger partial charge on any atom is -0.310 e. The van der Waals surface area contributed by atoms with Gasteiger partial charge in [0, 0.05) is 30.4 Å². The first-order valence-corrected chi connectivity index (χ1v) is 8.27. The summed E-state index contributed by atoms with van der Waals surface area (Å²) < 4.78 is 23.1. The van der Waals surface area contributed by atoms with Crippen LogP contribution in [0.5, 0.6) is 0 Å². The Labute approximate surface area is 106 Å². The van der Waals surface area contributed by atoms with Gasteiger partial charge in [0.1, 0.15) is 0 Å². The lowest BCUT2D eigenvalue weighted by atomic mass is 10.1. The molecule has 0 amide bonds. The first-order valence-electron chi connectivity index (χ1n) is 6.45. The highest BCUT2D eigenvalue weighted by Crippen LogP contribution is 2.15. The van der Waals surface area contributed by atoms with Crippen LogP contribution in [0.1, 0.15) is 34.1 Å². The van der Waals surface area contributed by atoms with Crippen LogP contribution in [0.4, 0.5) is 0 Å². The second kappa shape index (κ2) is 5.67. The molecule has 0 aromatic carbocycles. The normalized spacial score (nSPS) is 26.7. The van der Waals surface area contributed by atoms with Crippen molar-refractivity contribution in [2.45, 2.75) is 45.7 Å². The number of hydrogen-bond donors (Lipinski definition) is 1. The first-order chi connectivity index (χ1) is 7.76. The van der Waals surface area contributed by atoms with Crippen molar-refractivity contribution in [3.05, 3.63) is 0 Å². The average Bonchev–Trinajstić information content (AvgIpc) is 2.35. The molecular weight excluding hydrogens is 236 g/mol. The molecule has 102 valence electrons. The van der Waals surface area contributed by atoms with Gasteiger partial charge in [0.05, 0.1) is 5.75 Å². The second-order valence-electron chi connectivity index (χ2n) is 5.66. The third kappa shape index (κ3) is 4.94. The van der Waals surface area contributed by atoms with E-state index in [4.69, 9.17) is 0 Å². The zero-order valence-corrected chi connectivity index (χ0v) is 12.3. The summed E-state index contributed by atoms with van der Waals surface area (Å²) in [6.07, 6.45) is 1.08. The van der Waals surface area contributed by atoms with Crippen LogP contribution < -0.4 is 5.32 Å². The summed E-state index contributed by atoms with van der Waals surface area (Å²) in [6, 6.07) is 0.455. The monoisotopic (exact) mass is 262 g/mol. The third-order valence-corrected chi connectivity index (χ3v) is 5.20. The van der Waals surface area contributed by atoms with E-state index in [0.29, 0.717) is 12.6 Å². The van der Waals surface area contributed by atoms with E-state index in [0.717, 1.165) is 19.5 Å². The predicted molar refractivity (Wildman–Crippen MR) is 72.1 cm³/mol. The van der Waals surface area contributed by atoms with Crippen molar-refractivity contribution in [3.63, 3.8) is 0 Å². The number of sulfone groups is 1. The van der Waals surface area contributed by atoms with Crippen molar-refractivity contribution in [1.82, 2.24) is 10.2 Å². The van der Waals surface area contributed by atoms with Gasteiger partial charge < -0.3 is 5.32 Å². The molecule has 17 heavy (non-hydrogen) atoms. The van der Waals surface area contributed by atoms with Gasteiger partial charge >= 0.3 is 0 Å². The molecule has 5 heteroatoms. The molecule has 0 aromatic rings. The van der Waals surface area contributed by atoms with Crippen molar-refractivity contribution >= 4 is 9.84 Å². The van der Waals surface area contributed by atoms with E-state index in [-0.39, 0.29) is 17.0 Å². The summed E-state index contributed by atoms with van der Waals surface area (Å²) in [4.78, 5) is 2.30. The lowest BCUT2D eigenvalue weighted by Crippen LogP contribution is -2.48. The minimum absolute atomic E-state index is 0.0702. The topological polar surface area (TPSA) is 49.4 Å². The van der Waals surface area contributed by atoms with Gasteiger partial charge in [-0.1, -0.05) is 6.92 Å². The van der Waals surface area contributed by atoms with Crippen molar-refractivity contribution in [3.8, 4) is 0 Å². The molecule has 1 aliphatic rings. The number of nitrogens with one attached hydrogen (secondary N) is 1. The number of rotatable bonds is 4. The summed E-state index contributed by atoms with van der Waals surface area (Å²) in [7, 11) is -2.85. The highest BCUT2D eigenvalue weighted by atomic mass is 32.2. The molecule has 4 nitrogen and oxygen atoms in total. The Morgan fingerprint density at radius 2 is 2.06 bits per heavy atom. The fourth-order valence-electron chi connectivity index (χ4n) is 2.22. The molecule has 1 atom stereocenters. The van der Waals surface area contributed by atoms with E-state index >= 15 is 0 Å². The minimum atomic E-state index is -2.85. The predicted octanol–water partition coefficient (Wildman–Crippen LogP) is 0.884. The highest BCUT2D eigenvalue weighted by Gasteiger charge is 2.28. The second-order valence-corrected chi connectivity index (χ2v) is 8.13. The van der Waals surface area contributed by atoms with Crippen molar-refractivity contribution < 1.29 is 8.42 Å². The SMILES string of the molecule is CCS(=O)(=O)CCN1CC(C)(C)NCCC1C. The maximum atomic E-state index is 11.6. The molecule has 0 aromatic heterocycles. The third-order valence-electron chi connectivity index (χ3n) is 3.52. The van der Waals surface area contributed by atoms with Crippen LogP contribution in [0.15, 0.2) is 0 Å². The quantitative estimate of drug-likeness (QED) is 0.817. The van der Waals surface area contributed by atoms with Gasteiger partial charge in [-0.05, 0) is 33.7 Å². The Morgan fingerprint density at radius 1 is 1.41 bits per heavy atom. The van der Waals surface area contributed by atoms with Crippen LogP contribution in [0.25, 0.3) is 0 Å². The van der Waals surface area contributed by atoms with Crippen molar-refractivity contribution in [2.75, 3.05) is 31.1 Å². The van der Waals surface area contributed by atoms with Crippen molar-refractivity contribution in [2.24, 2.45) is 0 Å². The first kappa shape index (κ1) is 14.9. The molecule has 1 rings (SSSR count). The molecule has 1 aliphatic heterocycles. The Bertz CT molecular complexity index is 338. The molecule has 0 saturated carbocycles. The molecule has 0 aliphatic carbocycles. The van der Waals surface area contributed by atoms with E-state index in [1.54, 1.807) is 6.92 Å². The van der Waals surface area contributed by atoms with Gasteiger partial charge in [0.15, 0.2) is 9.84 Å². The van der Waals surface area contributed by atoms with Crippen LogP contribution in [-0.4, -0.2) is 56.0 Å². The molecule has 0 spiro atoms. The summed E-state index contributed by atoms with van der Waals surface area (Å²) >= 11 is 0. The smallest absolute Gasteiger partial charge is 0.151 e. The Kier molecular flexibility index (Phi) is 4.98. The molecule has 1 fully saturated rings. The molecule has 1 heterocycles. The lowest BCUT2D eigenvalue weighted by Gasteiger charge is -2.32. The molecule has 1 saturated heterocycles. The standard InChI is InChI=1S/C12H26N2O2S/c1-5-17(15,16)9-8-14-10-12(3,4)13-7-6-11(14)2/h11,13H,5-10H2,1-4H3. The summed E-state index contributed by atoms with van der Waals surface area (Å²) in [5.41, 5.74) is 0.0702. The summed E-state index contributed by atoms with van der Waals surface area (Å²) in [5.74, 6) is 0.529. The van der Waals surface area contributed by atoms with Gasteiger partial charge in [-0.15, -0.1) is 0 Å². The molecular formula is C12H26N2O2S.